The summed E-state index contributed by atoms with van der Waals surface area (Å²) in [4.78, 5) is 0. The summed E-state index contributed by atoms with van der Waals surface area (Å²) in [6.45, 7) is 4.19. The smallest absolute Gasteiger partial charge is 0.0830 e. The molecule has 0 heterocycles. The highest BCUT2D eigenvalue weighted by molar-refractivity contribution is 5.50. The van der Waals surface area contributed by atoms with Gasteiger partial charge in [0, 0.05) is 0 Å². The van der Waals surface area contributed by atoms with E-state index in [0.29, 0.717) is 0 Å². The van der Waals surface area contributed by atoms with Gasteiger partial charge in [-0.1, -0.05) is 29.3 Å². The van der Waals surface area contributed by atoms with Gasteiger partial charge in [-0.05, 0) is 25.5 Å². The highest BCUT2D eigenvalue weighted by Gasteiger charge is 1.90. The van der Waals surface area contributed by atoms with Crippen molar-refractivity contribution in [3.63, 3.8) is 0 Å². The third-order valence-corrected chi connectivity index (χ3v) is 1.64. The summed E-state index contributed by atoms with van der Waals surface area (Å²) in [5.74, 6) is 0. The maximum Gasteiger partial charge on any atom is 0.0830 e. The molecule has 1 nitrogen and oxygen atoms in total. The molecule has 0 aliphatic heterocycles. The normalized spacial score (nSPS) is 10.6. The predicted molar refractivity (Wildman–Crippen MR) is 52.0 cm³/mol. The van der Waals surface area contributed by atoms with E-state index in [9.17, 15) is 0 Å². The van der Waals surface area contributed by atoms with E-state index in [1.165, 1.54) is 16.7 Å². The van der Waals surface area contributed by atoms with Gasteiger partial charge in [-0.25, -0.2) is 0 Å². The molecule has 0 saturated carbocycles. The van der Waals surface area contributed by atoms with E-state index < -0.39 is 0 Å². The Morgan fingerprint density at radius 1 is 1.08 bits per heavy atom. The van der Waals surface area contributed by atoms with Crippen LogP contribution in [0.1, 0.15) is 16.7 Å². The molecule has 0 fully saturated rings. The van der Waals surface area contributed by atoms with Gasteiger partial charge in [0.15, 0.2) is 0 Å². The number of hydrogen-bond acceptors (Lipinski definition) is 1. The average Bonchev–Trinajstić information content (AvgIpc) is 1.99. The zero-order chi connectivity index (χ0) is 8.97. The first-order valence-electron chi connectivity index (χ1n) is 4.00. The molecule has 0 radical (unpaired) electrons. The maximum atomic E-state index is 4.84. The summed E-state index contributed by atoms with van der Waals surface area (Å²) in [6.07, 6.45) is 3.65. The number of aryl methyl sites for hydroxylation is 2. The van der Waals surface area contributed by atoms with Crippen molar-refractivity contribution in [1.82, 2.24) is 0 Å². The number of rotatable bonds is 2. The molecule has 0 spiro atoms. The van der Waals surface area contributed by atoms with Gasteiger partial charge < -0.3 is 4.74 Å². The Kier molecular flexibility index (Phi) is 2.92. The Morgan fingerprint density at radius 2 is 1.67 bits per heavy atom. The van der Waals surface area contributed by atoms with Gasteiger partial charge >= 0.3 is 0 Å². The first-order valence-corrected chi connectivity index (χ1v) is 4.00. The van der Waals surface area contributed by atoms with Crippen LogP contribution < -0.4 is 0 Å². The van der Waals surface area contributed by atoms with Crippen LogP contribution in [0.5, 0.6) is 0 Å². The first-order chi connectivity index (χ1) is 5.72. The Labute approximate surface area is 73.7 Å². The molecular formula is C11H14O. The third kappa shape index (κ3) is 2.42. The topological polar surface area (TPSA) is 9.23 Å². The highest BCUT2D eigenvalue weighted by Crippen LogP contribution is 2.09. The Balaban J connectivity index is 2.93. The van der Waals surface area contributed by atoms with Crippen LogP contribution in [0, 0.1) is 13.8 Å². The van der Waals surface area contributed by atoms with Crippen molar-refractivity contribution in [2.24, 2.45) is 0 Å². The van der Waals surface area contributed by atoms with Crippen LogP contribution in [0.2, 0.25) is 0 Å². The van der Waals surface area contributed by atoms with Crippen molar-refractivity contribution in [2.75, 3.05) is 7.11 Å². The molecule has 0 saturated heterocycles. The van der Waals surface area contributed by atoms with E-state index in [1.54, 1.807) is 13.4 Å². The third-order valence-electron chi connectivity index (χ3n) is 1.64. The number of benzene rings is 1. The SMILES string of the molecule is COC=Cc1cc(C)cc(C)c1. The lowest BCUT2D eigenvalue weighted by Gasteiger charge is -1.99. The lowest BCUT2D eigenvalue weighted by molar-refractivity contribution is 0.341. The molecule has 0 aliphatic rings. The minimum atomic E-state index is 1.19. The van der Waals surface area contributed by atoms with E-state index in [-0.39, 0.29) is 0 Å². The molecule has 1 aromatic carbocycles. The molecule has 1 heteroatoms. The number of methoxy groups -OCH3 is 1. The van der Waals surface area contributed by atoms with Gasteiger partial charge in [0.1, 0.15) is 0 Å². The second-order valence-corrected chi connectivity index (χ2v) is 2.96. The van der Waals surface area contributed by atoms with Crippen molar-refractivity contribution in [3.8, 4) is 0 Å². The Hall–Kier alpha value is -1.24. The van der Waals surface area contributed by atoms with Gasteiger partial charge in [-0.3, -0.25) is 0 Å². The van der Waals surface area contributed by atoms with Gasteiger partial charge in [0.05, 0.1) is 13.4 Å². The molecule has 0 atom stereocenters. The van der Waals surface area contributed by atoms with Crippen molar-refractivity contribution < 1.29 is 4.74 Å². The largest absolute Gasteiger partial charge is 0.504 e. The summed E-state index contributed by atoms with van der Waals surface area (Å²) >= 11 is 0. The van der Waals surface area contributed by atoms with E-state index in [1.807, 2.05) is 6.08 Å². The van der Waals surface area contributed by atoms with Gasteiger partial charge in [0.25, 0.3) is 0 Å². The molecule has 0 bridgehead atoms. The maximum absolute atomic E-state index is 4.84. The van der Waals surface area contributed by atoms with Gasteiger partial charge in [-0.15, -0.1) is 0 Å². The fourth-order valence-corrected chi connectivity index (χ4v) is 1.25. The van der Waals surface area contributed by atoms with Crippen molar-refractivity contribution in [2.45, 2.75) is 13.8 Å². The average molecular weight is 162 g/mol. The van der Waals surface area contributed by atoms with Crippen molar-refractivity contribution >= 4 is 6.08 Å². The lowest BCUT2D eigenvalue weighted by Crippen LogP contribution is -1.79. The van der Waals surface area contributed by atoms with E-state index in [0.717, 1.165) is 0 Å². The Bertz CT molecular complexity index is 267. The molecule has 0 aliphatic carbocycles. The molecule has 12 heavy (non-hydrogen) atoms. The summed E-state index contributed by atoms with van der Waals surface area (Å²) in [5, 5.41) is 0. The van der Waals surface area contributed by atoms with Crippen LogP contribution in [0.15, 0.2) is 24.5 Å². The quantitative estimate of drug-likeness (QED) is 0.607. The van der Waals surface area contributed by atoms with Crippen LogP contribution >= 0.6 is 0 Å². The molecule has 64 valence electrons. The molecular weight excluding hydrogens is 148 g/mol. The van der Waals surface area contributed by atoms with Gasteiger partial charge in [0.2, 0.25) is 0 Å². The van der Waals surface area contributed by atoms with Crippen molar-refractivity contribution in [1.29, 1.82) is 0 Å². The zero-order valence-corrected chi connectivity index (χ0v) is 7.79. The van der Waals surface area contributed by atoms with Crippen LogP contribution in [-0.2, 0) is 4.74 Å². The molecule has 0 N–H and O–H groups in total. The summed E-state index contributed by atoms with van der Waals surface area (Å²) in [7, 11) is 1.65. The lowest BCUT2D eigenvalue weighted by atomic mass is 10.1. The fourth-order valence-electron chi connectivity index (χ4n) is 1.25. The minimum Gasteiger partial charge on any atom is -0.504 e. The second kappa shape index (κ2) is 3.96. The summed E-state index contributed by atoms with van der Waals surface area (Å²) < 4.78 is 4.84. The van der Waals surface area contributed by atoms with E-state index in [2.05, 4.69) is 32.0 Å². The Morgan fingerprint density at radius 3 is 2.17 bits per heavy atom. The van der Waals surface area contributed by atoms with Crippen LogP contribution in [0.3, 0.4) is 0 Å². The monoisotopic (exact) mass is 162 g/mol. The first kappa shape index (κ1) is 8.85. The second-order valence-electron chi connectivity index (χ2n) is 2.96. The van der Waals surface area contributed by atoms with Crippen LogP contribution in [-0.4, -0.2) is 7.11 Å². The van der Waals surface area contributed by atoms with Gasteiger partial charge in [-0.2, -0.15) is 0 Å². The van der Waals surface area contributed by atoms with E-state index >= 15 is 0 Å². The molecule has 1 aromatic rings. The molecule has 0 unspecified atom stereocenters. The van der Waals surface area contributed by atoms with Crippen molar-refractivity contribution in [3.05, 3.63) is 41.2 Å². The summed E-state index contributed by atoms with van der Waals surface area (Å²) in [6, 6.07) is 6.41. The zero-order valence-electron chi connectivity index (χ0n) is 7.79. The summed E-state index contributed by atoms with van der Waals surface area (Å²) in [5.41, 5.74) is 3.76. The highest BCUT2D eigenvalue weighted by atomic mass is 16.5. The minimum absolute atomic E-state index is 1.19. The predicted octanol–water partition coefficient (Wildman–Crippen LogP) is 2.92. The molecule has 0 aromatic heterocycles. The standard InChI is InChI=1S/C11H14O/c1-9-6-10(2)8-11(7-9)4-5-12-3/h4-8H,1-3H3. The number of hydrogen-bond donors (Lipinski definition) is 0. The van der Waals surface area contributed by atoms with E-state index in [4.69, 9.17) is 4.74 Å². The molecule has 0 amide bonds. The van der Waals surface area contributed by atoms with Crippen LogP contribution in [0.25, 0.3) is 6.08 Å². The molecule has 1 rings (SSSR count). The number of ether oxygens (including phenoxy) is 1. The fraction of sp³-hybridized carbons (Fsp3) is 0.273. The van der Waals surface area contributed by atoms with Crippen LogP contribution in [0.4, 0.5) is 0 Å².